The Balaban J connectivity index is 2.15. The number of pyridine rings is 1. The van der Waals surface area contributed by atoms with Gasteiger partial charge in [0.15, 0.2) is 0 Å². The molecule has 3 rings (SSSR count). The third-order valence-corrected chi connectivity index (χ3v) is 4.96. The van der Waals surface area contributed by atoms with Crippen LogP contribution in [0, 0.1) is 13.8 Å². The Morgan fingerprint density at radius 3 is 2.57 bits per heavy atom. The molecule has 6 nitrogen and oxygen atoms in total. The molecule has 1 aromatic heterocycles. The Bertz CT molecular complexity index is 921. The smallest absolute Gasteiger partial charge is 0.295 e. The maximum absolute atomic E-state index is 12.9. The van der Waals surface area contributed by atoms with Crippen molar-refractivity contribution in [3.63, 3.8) is 0 Å². The van der Waals surface area contributed by atoms with Crippen LogP contribution in [0.15, 0.2) is 48.3 Å². The van der Waals surface area contributed by atoms with E-state index in [0.29, 0.717) is 25.1 Å². The number of benzene rings is 1. The predicted octanol–water partition coefficient (Wildman–Crippen LogP) is 3.16. The molecule has 0 spiro atoms. The van der Waals surface area contributed by atoms with Gasteiger partial charge in [-0.2, -0.15) is 0 Å². The third kappa shape index (κ3) is 3.68. The summed E-state index contributed by atoms with van der Waals surface area (Å²) in [7, 11) is 1.59. The number of ether oxygens (including phenoxy) is 1. The highest BCUT2D eigenvalue weighted by Crippen LogP contribution is 2.39. The van der Waals surface area contributed by atoms with Crippen molar-refractivity contribution in [2.45, 2.75) is 26.3 Å². The van der Waals surface area contributed by atoms with Crippen molar-refractivity contribution in [2.75, 3.05) is 20.3 Å². The summed E-state index contributed by atoms with van der Waals surface area (Å²) < 4.78 is 5.08. The summed E-state index contributed by atoms with van der Waals surface area (Å²) in [6.07, 6.45) is 3.82. The highest BCUT2D eigenvalue weighted by atomic mass is 16.5. The molecule has 1 atom stereocenters. The maximum Gasteiger partial charge on any atom is 0.295 e. The summed E-state index contributed by atoms with van der Waals surface area (Å²) in [5.41, 5.74) is 3.21. The molecule has 1 aliphatic rings. The first-order chi connectivity index (χ1) is 13.5. The van der Waals surface area contributed by atoms with Gasteiger partial charge in [0, 0.05) is 38.2 Å². The first-order valence-corrected chi connectivity index (χ1v) is 9.20. The van der Waals surface area contributed by atoms with E-state index in [2.05, 4.69) is 4.98 Å². The molecule has 1 aromatic carbocycles. The Hall–Kier alpha value is -2.99. The van der Waals surface area contributed by atoms with Crippen LogP contribution in [0.3, 0.4) is 0 Å². The average Bonchev–Trinajstić information content (AvgIpc) is 2.95. The fraction of sp³-hybridized carbons (Fsp3) is 0.318. The maximum atomic E-state index is 12.9. The van der Waals surface area contributed by atoms with Crippen molar-refractivity contribution in [1.29, 1.82) is 0 Å². The van der Waals surface area contributed by atoms with E-state index in [9.17, 15) is 14.7 Å². The molecule has 1 fully saturated rings. The molecular formula is C22H24N2O4. The molecule has 1 amide bonds. The molecule has 2 aromatic rings. The number of likely N-dealkylation sites (tertiary alicyclic amines) is 1. The fourth-order valence-electron chi connectivity index (χ4n) is 3.52. The van der Waals surface area contributed by atoms with Crippen LogP contribution in [0.5, 0.6) is 0 Å². The number of aromatic nitrogens is 1. The molecular weight excluding hydrogens is 356 g/mol. The molecule has 1 N–H and O–H groups in total. The van der Waals surface area contributed by atoms with Crippen molar-refractivity contribution < 1.29 is 19.4 Å². The van der Waals surface area contributed by atoms with Gasteiger partial charge in [0.05, 0.1) is 11.6 Å². The molecule has 0 bridgehead atoms. The largest absolute Gasteiger partial charge is 0.507 e. The normalized spacial score (nSPS) is 18.7. The Kier molecular flexibility index (Phi) is 5.90. The topological polar surface area (TPSA) is 79.7 Å². The lowest BCUT2D eigenvalue weighted by Gasteiger charge is -2.25. The van der Waals surface area contributed by atoms with E-state index in [0.717, 1.165) is 16.7 Å². The van der Waals surface area contributed by atoms with Gasteiger partial charge in [-0.1, -0.05) is 17.7 Å². The first kappa shape index (κ1) is 19.8. The summed E-state index contributed by atoms with van der Waals surface area (Å²) in [5, 5.41) is 11.1. The van der Waals surface area contributed by atoms with E-state index in [1.807, 2.05) is 32.0 Å². The van der Waals surface area contributed by atoms with Crippen LogP contribution in [0.2, 0.25) is 0 Å². The minimum Gasteiger partial charge on any atom is -0.507 e. The van der Waals surface area contributed by atoms with E-state index < -0.39 is 17.7 Å². The van der Waals surface area contributed by atoms with E-state index in [1.165, 1.54) is 4.90 Å². The van der Waals surface area contributed by atoms with Crippen molar-refractivity contribution in [3.8, 4) is 0 Å². The van der Waals surface area contributed by atoms with E-state index in [4.69, 9.17) is 4.74 Å². The number of carbonyl (C=O) groups is 2. The van der Waals surface area contributed by atoms with Gasteiger partial charge in [0.2, 0.25) is 0 Å². The molecule has 146 valence electrons. The van der Waals surface area contributed by atoms with E-state index >= 15 is 0 Å². The number of rotatable bonds is 6. The quantitative estimate of drug-likeness (QED) is 0.360. The molecule has 6 heteroatoms. The molecule has 1 saturated heterocycles. The molecule has 28 heavy (non-hydrogen) atoms. The number of ketones is 1. The van der Waals surface area contributed by atoms with Crippen molar-refractivity contribution >= 4 is 17.4 Å². The van der Waals surface area contributed by atoms with Gasteiger partial charge in [-0.25, -0.2) is 0 Å². The highest BCUT2D eigenvalue weighted by Gasteiger charge is 2.45. The number of amides is 1. The number of hydrogen-bond acceptors (Lipinski definition) is 5. The Morgan fingerprint density at radius 2 is 1.89 bits per heavy atom. The molecule has 1 unspecified atom stereocenters. The number of carbonyl (C=O) groups excluding carboxylic acids is 2. The minimum absolute atomic E-state index is 0.113. The lowest BCUT2D eigenvalue weighted by atomic mass is 9.93. The number of nitrogens with zero attached hydrogens (tertiary/aromatic N) is 2. The van der Waals surface area contributed by atoms with E-state index in [1.54, 1.807) is 31.6 Å². The van der Waals surface area contributed by atoms with Crippen LogP contribution >= 0.6 is 0 Å². The fourth-order valence-corrected chi connectivity index (χ4v) is 3.52. The zero-order valence-electron chi connectivity index (χ0n) is 16.3. The van der Waals surface area contributed by atoms with Crippen LogP contribution in [0.25, 0.3) is 5.76 Å². The zero-order chi connectivity index (χ0) is 20.3. The third-order valence-electron chi connectivity index (χ3n) is 4.96. The number of hydrogen-bond donors (Lipinski definition) is 1. The van der Waals surface area contributed by atoms with Gasteiger partial charge in [-0.05, 0) is 49.6 Å². The molecule has 0 saturated carbocycles. The second-order valence-electron chi connectivity index (χ2n) is 6.94. The summed E-state index contributed by atoms with van der Waals surface area (Å²) in [5.74, 6) is -1.42. The van der Waals surface area contributed by atoms with Crippen LogP contribution < -0.4 is 0 Å². The van der Waals surface area contributed by atoms with Gasteiger partial charge in [0.25, 0.3) is 11.7 Å². The highest BCUT2D eigenvalue weighted by molar-refractivity contribution is 6.46. The van der Waals surface area contributed by atoms with Gasteiger partial charge >= 0.3 is 0 Å². The average molecular weight is 380 g/mol. The second kappa shape index (κ2) is 8.35. The van der Waals surface area contributed by atoms with Gasteiger partial charge in [-0.15, -0.1) is 0 Å². The van der Waals surface area contributed by atoms with Gasteiger partial charge in [0.1, 0.15) is 5.76 Å². The number of Topliss-reactive ketones (excluding diaryl/α,β-unsaturated/α-hetero) is 1. The second-order valence-corrected chi connectivity index (χ2v) is 6.94. The van der Waals surface area contributed by atoms with Gasteiger partial charge in [-0.3, -0.25) is 14.6 Å². The lowest BCUT2D eigenvalue weighted by Crippen LogP contribution is -2.31. The van der Waals surface area contributed by atoms with Crippen molar-refractivity contribution in [1.82, 2.24) is 9.88 Å². The van der Waals surface area contributed by atoms with Crippen LogP contribution in [0.1, 0.15) is 34.7 Å². The summed E-state index contributed by atoms with van der Waals surface area (Å²) in [6.45, 7) is 4.61. The molecule has 0 aliphatic carbocycles. The standard InChI is InChI=1S/C22H24N2O4/c1-14-5-6-15(2)17(13-14)20(25)18-19(16-7-9-23-10-8-16)24(11-4-12-28-3)22(27)21(18)26/h5-10,13,19,25H,4,11-12H2,1-3H3. The molecule has 0 radical (unpaired) electrons. The predicted molar refractivity (Wildman–Crippen MR) is 106 cm³/mol. The monoisotopic (exact) mass is 380 g/mol. The summed E-state index contributed by atoms with van der Waals surface area (Å²) in [6, 6.07) is 8.52. The summed E-state index contributed by atoms with van der Waals surface area (Å²) >= 11 is 0. The number of aryl methyl sites for hydroxylation is 2. The van der Waals surface area contributed by atoms with Crippen LogP contribution in [-0.2, 0) is 14.3 Å². The molecule has 1 aliphatic heterocycles. The number of aliphatic hydroxyl groups excluding tert-OH is 1. The lowest BCUT2D eigenvalue weighted by molar-refractivity contribution is -0.140. The molecule has 2 heterocycles. The van der Waals surface area contributed by atoms with Crippen LogP contribution in [0.4, 0.5) is 0 Å². The first-order valence-electron chi connectivity index (χ1n) is 9.20. The zero-order valence-corrected chi connectivity index (χ0v) is 16.3. The number of methoxy groups -OCH3 is 1. The van der Waals surface area contributed by atoms with Crippen molar-refractivity contribution in [2.24, 2.45) is 0 Å². The SMILES string of the molecule is COCCCN1C(=O)C(=O)C(=C(O)c2cc(C)ccc2C)C1c1ccncc1. The van der Waals surface area contributed by atoms with Crippen LogP contribution in [-0.4, -0.2) is 46.9 Å². The summed E-state index contributed by atoms with van der Waals surface area (Å²) in [4.78, 5) is 31.2. The van der Waals surface area contributed by atoms with Crippen molar-refractivity contribution in [3.05, 3.63) is 70.6 Å². The van der Waals surface area contributed by atoms with Gasteiger partial charge < -0.3 is 14.7 Å². The van der Waals surface area contributed by atoms with E-state index in [-0.39, 0.29) is 11.3 Å². The number of aliphatic hydroxyl groups is 1. The minimum atomic E-state index is -0.669. The Labute approximate surface area is 164 Å². The Morgan fingerprint density at radius 1 is 1.18 bits per heavy atom.